The highest BCUT2D eigenvalue weighted by atomic mass is 35.5. The van der Waals surface area contributed by atoms with Crippen LogP contribution in [0.15, 0.2) is 93.3 Å². The van der Waals surface area contributed by atoms with Crippen LogP contribution in [0.1, 0.15) is 45.7 Å². The molecule has 0 aliphatic carbocycles. The molecule has 0 aliphatic heterocycles. The average molecular weight is 1030 g/mol. The summed E-state index contributed by atoms with van der Waals surface area (Å²) >= 11 is 49.3. The fourth-order valence-electron chi connectivity index (χ4n) is 5.53. The van der Waals surface area contributed by atoms with Crippen molar-refractivity contribution in [3.05, 3.63) is 135 Å². The second kappa shape index (κ2) is 21.7. The Bertz CT molecular complexity index is 2590. The van der Waals surface area contributed by atoms with Gasteiger partial charge in [0.25, 0.3) is 23.6 Å². The number of ketones is 2. The molecule has 0 saturated heterocycles. The van der Waals surface area contributed by atoms with Crippen LogP contribution < -0.4 is 21.3 Å². The van der Waals surface area contributed by atoms with Gasteiger partial charge in [0.1, 0.15) is 11.4 Å². The number of carbonyl (C=O) groups is 6. The van der Waals surface area contributed by atoms with E-state index in [-0.39, 0.29) is 85.4 Å². The lowest BCUT2D eigenvalue weighted by Crippen LogP contribution is -2.33. The zero-order chi connectivity index (χ0) is 47.2. The van der Waals surface area contributed by atoms with Gasteiger partial charge in [-0.1, -0.05) is 92.8 Å². The van der Waals surface area contributed by atoms with Crippen LogP contribution in [-0.4, -0.2) is 47.3 Å². The third kappa shape index (κ3) is 12.3. The van der Waals surface area contributed by atoms with Crippen molar-refractivity contribution in [2.24, 2.45) is 20.5 Å². The first-order valence-corrected chi connectivity index (χ1v) is 21.2. The van der Waals surface area contributed by atoms with Gasteiger partial charge in [0.05, 0.1) is 41.5 Å². The predicted octanol–water partition coefficient (Wildman–Crippen LogP) is 13.4. The molecule has 0 spiro atoms. The highest BCUT2D eigenvalue weighted by molar-refractivity contribution is 6.43. The summed E-state index contributed by atoms with van der Waals surface area (Å²) in [5, 5.41) is 27.5. The van der Waals surface area contributed by atoms with Crippen LogP contribution in [0.5, 0.6) is 0 Å². The molecule has 5 aromatic rings. The maximum absolute atomic E-state index is 13.4. The van der Waals surface area contributed by atoms with Gasteiger partial charge in [0.15, 0.2) is 11.6 Å². The third-order valence-electron chi connectivity index (χ3n) is 9.04. The summed E-state index contributed by atoms with van der Waals surface area (Å²) < 4.78 is 0. The molecule has 0 saturated carbocycles. The van der Waals surface area contributed by atoms with E-state index in [2.05, 4.69) is 41.7 Å². The lowest BCUT2D eigenvalue weighted by atomic mass is 10.0. The summed E-state index contributed by atoms with van der Waals surface area (Å²) in [6.07, 6.45) is 0. The molecule has 0 heterocycles. The quantitative estimate of drug-likeness (QED) is 0.0630. The molecule has 0 aromatic heterocycles. The number of rotatable bonds is 14. The molecule has 4 N–H and O–H groups in total. The number of hydrogen-bond donors (Lipinski definition) is 4. The molecule has 2 unspecified atom stereocenters. The van der Waals surface area contributed by atoms with Crippen LogP contribution >= 0.6 is 92.8 Å². The maximum atomic E-state index is 13.4. The highest BCUT2D eigenvalue weighted by Crippen LogP contribution is 2.37. The molecule has 0 bridgehead atoms. The Morgan fingerprint density at radius 3 is 1.09 bits per heavy atom. The van der Waals surface area contributed by atoms with E-state index in [1.165, 1.54) is 72.8 Å². The van der Waals surface area contributed by atoms with E-state index >= 15 is 0 Å². The van der Waals surface area contributed by atoms with Gasteiger partial charge in [-0.25, -0.2) is 0 Å². The maximum Gasteiger partial charge on any atom is 0.258 e. The third-order valence-corrected chi connectivity index (χ3v) is 11.3. The van der Waals surface area contributed by atoms with E-state index in [0.29, 0.717) is 11.1 Å². The average Bonchev–Trinajstić information content (AvgIpc) is 3.21. The van der Waals surface area contributed by atoms with Gasteiger partial charge in [-0.3, -0.25) is 28.8 Å². The summed E-state index contributed by atoms with van der Waals surface area (Å²) in [6.45, 7) is 5.58. The summed E-state index contributed by atoms with van der Waals surface area (Å²) in [5.74, 6) is -4.27. The van der Waals surface area contributed by atoms with E-state index < -0.39 is 47.3 Å². The number of azo groups is 2. The number of hydrogen-bond acceptors (Lipinski definition) is 10. The van der Waals surface area contributed by atoms with Crippen molar-refractivity contribution in [2.75, 3.05) is 21.3 Å². The monoisotopic (exact) mass is 1020 g/mol. The van der Waals surface area contributed by atoms with Crippen LogP contribution in [0.4, 0.5) is 34.1 Å². The topological polar surface area (TPSA) is 200 Å². The lowest BCUT2D eigenvalue weighted by molar-refractivity contribution is -0.127. The number of nitrogens with one attached hydrogen (secondary N) is 4. The molecule has 330 valence electrons. The van der Waals surface area contributed by atoms with Crippen LogP contribution in [-0.2, 0) is 19.2 Å². The second-order valence-electron chi connectivity index (χ2n) is 13.6. The Hall–Kier alpha value is -5.16. The predicted molar refractivity (Wildman–Crippen MR) is 253 cm³/mol. The minimum Gasteiger partial charge on any atom is -0.324 e. The highest BCUT2D eigenvalue weighted by Gasteiger charge is 2.27. The molecule has 0 aliphatic rings. The van der Waals surface area contributed by atoms with Gasteiger partial charge >= 0.3 is 0 Å². The minimum absolute atomic E-state index is 0.0250. The number of benzene rings is 5. The van der Waals surface area contributed by atoms with Gasteiger partial charge in [-0.05, 0) is 112 Å². The number of carbonyl (C=O) groups excluding carboxylic acids is 6. The fourth-order valence-corrected chi connectivity index (χ4v) is 7.66. The van der Waals surface area contributed by atoms with Crippen molar-refractivity contribution in [3.63, 3.8) is 0 Å². The summed E-state index contributed by atoms with van der Waals surface area (Å²) in [7, 11) is 0. The van der Waals surface area contributed by atoms with Crippen molar-refractivity contribution < 1.29 is 28.8 Å². The van der Waals surface area contributed by atoms with Gasteiger partial charge in [0.2, 0.25) is 12.1 Å². The van der Waals surface area contributed by atoms with E-state index in [4.69, 9.17) is 92.8 Å². The lowest BCUT2D eigenvalue weighted by Gasteiger charge is -2.17. The Kier molecular flexibility index (Phi) is 16.9. The van der Waals surface area contributed by atoms with E-state index in [9.17, 15) is 28.8 Å². The minimum atomic E-state index is -1.63. The second-order valence-corrected chi connectivity index (χ2v) is 16.9. The van der Waals surface area contributed by atoms with Gasteiger partial charge < -0.3 is 21.3 Å². The molecule has 5 rings (SSSR count). The van der Waals surface area contributed by atoms with Crippen molar-refractivity contribution in [3.8, 4) is 0 Å². The van der Waals surface area contributed by atoms with E-state index in [1.54, 1.807) is 13.8 Å². The Morgan fingerprint density at radius 2 is 0.781 bits per heavy atom. The normalized spacial score (nSPS) is 12.2. The molecule has 64 heavy (non-hydrogen) atoms. The number of halogens is 8. The molecule has 0 fully saturated rings. The molecular weight excluding hydrogens is 996 g/mol. The van der Waals surface area contributed by atoms with Gasteiger partial charge in [-0.15, -0.1) is 0 Å². The van der Waals surface area contributed by atoms with Crippen LogP contribution in [0.3, 0.4) is 0 Å². The number of nitrogens with zero attached hydrogens (tertiary/aromatic N) is 4. The molecule has 14 nitrogen and oxygen atoms in total. The van der Waals surface area contributed by atoms with Crippen molar-refractivity contribution in [2.45, 2.75) is 39.8 Å². The fraction of sp³-hybridized carbons (Fsp3) is 0.143. The zero-order valence-corrected chi connectivity index (χ0v) is 39.4. The number of anilines is 4. The molecular formula is C42H30Cl8N8O6. The molecule has 5 aromatic carbocycles. The zero-order valence-electron chi connectivity index (χ0n) is 33.3. The first-order chi connectivity index (χ1) is 30.1. The van der Waals surface area contributed by atoms with Crippen molar-refractivity contribution in [1.82, 2.24) is 0 Å². The summed E-state index contributed by atoms with van der Waals surface area (Å²) in [6, 6.07) is 13.4. The molecule has 2 atom stereocenters. The van der Waals surface area contributed by atoms with E-state index in [0.717, 1.165) is 13.8 Å². The SMILES string of the molecule is CC(=O)C(N=Nc1cc(C(=O)Nc2c(Cl)cc(Cl)cc2Cl)ccc1Cl)C(=O)Nc1ccc(NC(=O)C(N=Nc2cc(C(=O)Nc3c(Cl)cc(Cl)cc3Cl)ccc2Cl)C(C)=O)c(C)c1C. The first-order valence-electron chi connectivity index (χ1n) is 18.2. The van der Waals surface area contributed by atoms with Crippen LogP contribution in [0.25, 0.3) is 0 Å². The van der Waals surface area contributed by atoms with Crippen LogP contribution in [0, 0.1) is 13.8 Å². The standard InChI is InChI=1S/C42H30Cl8N8O6/c1-17-18(2)32(52-42(64)36(20(4)60)58-56-34-12-22(6-8-26(34)46)40(62)54-38-29(49)15-24(44)16-30(38)50)10-9-31(17)51-41(63)35(19(3)59)57-55-33-11-21(5-7-25(33)45)39(61)53-37-27(47)13-23(43)14-28(37)48/h5-16,35-36H,1-4H3,(H,51,63)(H,52,64)(H,53,61)(H,54,62). The number of amides is 4. The Morgan fingerprint density at radius 1 is 0.453 bits per heavy atom. The largest absolute Gasteiger partial charge is 0.324 e. The Balaban J connectivity index is 1.27. The van der Waals surface area contributed by atoms with Crippen molar-refractivity contribution >= 4 is 162 Å². The molecule has 4 amide bonds. The first kappa shape index (κ1) is 49.8. The smallest absolute Gasteiger partial charge is 0.258 e. The van der Waals surface area contributed by atoms with Crippen molar-refractivity contribution in [1.29, 1.82) is 0 Å². The summed E-state index contributed by atoms with van der Waals surface area (Å²) in [5.41, 5.74) is 1.83. The Labute approximate surface area is 405 Å². The number of Topliss-reactive ketones (excluding diaryl/α,β-unsaturated/α-hetero) is 2. The van der Waals surface area contributed by atoms with Gasteiger partial charge in [-0.2, -0.15) is 20.5 Å². The molecule has 0 radical (unpaired) electrons. The molecule has 22 heteroatoms. The van der Waals surface area contributed by atoms with Gasteiger partial charge in [0, 0.05) is 32.5 Å². The summed E-state index contributed by atoms with van der Waals surface area (Å²) in [4.78, 5) is 78.2. The van der Waals surface area contributed by atoms with E-state index in [1.807, 2.05) is 0 Å². The van der Waals surface area contributed by atoms with Crippen LogP contribution in [0.2, 0.25) is 40.2 Å².